The topological polar surface area (TPSA) is 58.2 Å². The molecular weight excluding hydrogens is 276 g/mol. The van der Waals surface area contributed by atoms with E-state index in [2.05, 4.69) is 10.6 Å². The van der Waals surface area contributed by atoms with Crippen LogP contribution in [0.4, 0.5) is 0 Å². The molecule has 0 saturated heterocycles. The van der Waals surface area contributed by atoms with Crippen molar-refractivity contribution >= 4 is 23.4 Å². The summed E-state index contributed by atoms with van der Waals surface area (Å²) < 4.78 is 0. The van der Waals surface area contributed by atoms with Gasteiger partial charge in [0.15, 0.2) is 0 Å². The molecule has 1 rings (SSSR count). The molecule has 0 saturated carbocycles. The number of carbonyl (C=O) groups excluding carboxylic acids is 2. The highest BCUT2D eigenvalue weighted by Gasteiger charge is 2.21. The summed E-state index contributed by atoms with van der Waals surface area (Å²) in [7, 11) is 1.57. The number of hydrogen-bond acceptors (Lipinski definition) is 2. The number of halogens is 1. The van der Waals surface area contributed by atoms with Crippen LogP contribution in [-0.2, 0) is 10.7 Å². The molecule has 4 nitrogen and oxygen atoms in total. The maximum Gasteiger partial charge on any atom is 0.251 e. The third-order valence-corrected chi connectivity index (χ3v) is 3.23. The van der Waals surface area contributed by atoms with Crippen LogP contribution in [-0.4, -0.2) is 24.9 Å². The van der Waals surface area contributed by atoms with E-state index in [0.29, 0.717) is 23.8 Å². The van der Waals surface area contributed by atoms with Crippen molar-refractivity contribution in [1.82, 2.24) is 10.6 Å². The first-order valence-corrected chi connectivity index (χ1v) is 7.18. The minimum atomic E-state index is -0.521. The Labute approximate surface area is 124 Å². The van der Waals surface area contributed by atoms with Crippen LogP contribution in [0, 0.1) is 5.92 Å². The van der Waals surface area contributed by atoms with Gasteiger partial charge in [-0.2, -0.15) is 0 Å². The third-order valence-electron chi connectivity index (χ3n) is 2.92. The van der Waals surface area contributed by atoms with Gasteiger partial charge in [-0.05, 0) is 30.0 Å². The van der Waals surface area contributed by atoms with E-state index in [1.54, 1.807) is 25.2 Å². The summed E-state index contributed by atoms with van der Waals surface area (Å²) in [5.41, 5.74) is 1.39. The zero-order valence-electron chi connectivity index (χ0n) is 12.1. The van der Waals surface area contributed by atoms with E-state index in [4.69, 9.17) is 11.6 Å². The number of alkyl halides is 1. The average molecular weight is 297 g/mol. The Hall–Kier alpha value is -1.55. The normalized spacial score (nSPS) is 12.1. The summed E-state index contributed by atoms with van der Waals surface area (Å²) in [5.74, 6) is 0.227. The third kappa shape index (κ3) is 4.85. The molecule has 2 N–H and O–H groups in total. The Kier molecular flexibility index (Phi) is 6.52. The van der Waals surface area contributed by atoms with Gasteiger partial charge >= 0.3 is 0 Å². The quantitative estimate of drug-likeness (QED) is 0.792. The molecule has 0 radical (unpaired) electrons. The van der Waals surface area contributed by atoms with E-state index in [1.165, 1.54) is 0 Å². The van der Waals surface area contributed by atoms with E-state index in [-0.39, 0.29) is 11.8 Å². The van der Waals surface area contributed by atoms with Crippen LogP contribution in [0.2, 0.25) is 0 Å². The van der Waals surface area contributed by atoms with Gasteiger partial charge in [0, 0.05) is 18.5 Å². The second-order valence-electron chi connectivity index (χ2n) is 5.10. The Balaban J connectivity index is 2.81. The van der Waals surface area contributed by atoms with Crippen molar-refractivity contribution in [2.45, 2.75) is 32.2 Å². The van der Waals surface area contributed by atoms with Gasteiger partial charge in [-0.3, -0.25) is 9.59 Å². The zero-order chi connectivity index (χ0) is 15.1. The summed E-state index contributed by atoms with van der Waals surface area (Å²) in [5, 5.41) is 5.35. The highest BCUT2D eigenvalue weighted by molar-refractivity contribution is 6.17. The van der Waals surface area contributed by atoms with Gasteiger partial charge in [-0.25, -0.2) is 0 Å². The molecule has 0 spiro atoms. The molecule has 0 aliphatic carbocycles. The van der Waals surface area contributed by atoms with E-state index >= 15 is 0 Å². The van der Waals surface area contributed by atoms with Crippen molar-refractivity contribution in [2.24, 2.45) is 5.92 Å². The molecule has 110 valence electrons. The molecule has 2 amide bonds. The summed E-state index contributed by atoms with van der Waals surface area (Å²) >= 11 is 5.76. The fourth-order valence-corrected chi connectivity index (χ4v) is 2.08. The lowest BCUT2D eigenvalue weighted by molar-refractivity contribution is -0.122. The minimum Gasteiger partial charge on any atom is -0.357 e. The Morgan fingerprint density at radius 3 is 2.55 bits per heavy atom. The van der Waals surface area contributed by atoms with Crippen molar-refractivity contribution in [2.75, 3.05) is 7.05 Å². The summed E-state index contributed by atoms with van der Waals surface area (Å²) in [4.78, 5) is 24.0. The number of carbonyl (C=O) groups is 2. The Morgan fingerprint density at radius 2 is 2.00 bits per heavy atom. The maximum atomic E-state index is 12.2. The van der Waals surface area contributed by atoms with Gasteiger partial charge in [-0.1, -0.05) is 26.0 Å². The van der Waals surface area contributed by atoms with Crippen LogP contribution in [0.1, 0.15) is 36.2 Å². The molecule has 0 aliphatic heterocycles. The fourth-order valence-electron chi connectivity index (χ4n) is 1.91. The van der Waals surface area contributed by atoms with Crippen LogP contribution in [0.5, 0.6) is 0 Å². The first kappa shape index (κ1) is 16.5. The van der Waals surface area contributed by atoms with Crippen molar-refractivity contribution in [3.05, 3.63) is 35.4 Å². The van der Waals surface area contributed by atoms with E-state index in [9.17, 15) is 9.59 Å². The number of rotatable bonds is 6. The SMILES string of the molecule is CNC(=O)C(CC(C)C)NC(=O)c1cccc(CCl)c1. The summed E-state index contributed by atoms with van der Waals surface area (Å²) in [6, 6.07) is 6.56. The van der Waals surface area contributed by atoms with E-state index in [0.717, 1.165) is 5.56 Å². The predicted octanol–water partition coefficient (Wildman–Crippen LogP) is 2.32. The van der Waals surface area contributed by atoms with Gasteiger partial charge < -0.3 is 10.6 Å². The monoisotopic (exact) mass is 296 g/mol. The zero-order valence-corrected chi connectivity index (χ0v) is 12.8. The van der Waals surface area contributed by atoms with Gasteiger partial charge in [0.05, 0.1) is 0 Å². The number of nitrogens with one attached hydrogen (secondary N) is 2. The fraction of sp³-hybridized carbons (Fsp3) is 0.467. The summed E-state index contributed by atoms with van der Waals surface area (Å²) in [6.45, 7) is 4.02. The molecular formula is C15H21ClN2O2. The van der Waals surface area contributed by atoms with Gasteiger partial charge in [0.1, 0.15) is 6.04 Å². The molecule has 0 aliphatic rings. The van der Waals surface area contributed by atoms with Gasteiger partial charge in [-0.15, -0.1) is 11.6 Å². The van der Waals surface area contributed by atoms with Crippen LogP contribution < -0.4 is 10.6 Å². The van der Waals surface area contributed by atoms with E-state index in [1.807, 2.05) is 19.9 Å². The second-order valence-corrected chi connectivity index (χ2v) is 5.37. The number of benzene rings is 1. The Morgan fingerprint density at radius 1 is 1.30 bits per heavy atom. The smallest absolute Gasteiger partial charge is 0.251 e. The minimum absolute atomic E-state index is 0.180. The van der Waals surface area contributed by atoms with Crippen molar-refractivity contribution in [1.29, 1.82) is 0 Å². The molecule has 0 fully saturated rings. The highest BCUT2D eigenvalue weighted by atomic mass is 35.5. The molecule has 0 aromatic heterocycles. The number of likely N-dealkylation sites (N-methyl/N-ethyl adjacent to an activating group) is 1. The molecule has 5 heteroatoms. The van der Waals surface area contributed by atoms with Crippen molar-refractivity contribution in [3.8, 4) is 0 Å². The lowest BCUT2D eigenvalue weighted by Crippen LogP contribution is -2.46. The molecule has 1 atom stereocenters. The molecule has 0 bridgehead atoms. The highest BCUT2D eigenvalue weighted by Crippen LogP contribution is 2.10. The number of amides is 2. The average Bonchev–Trinajstić information content (AvgIpc) is 2.45. The molecule has 1 unspecified atom stereocenters. The van der Waals surface area contributed by atoms with Crippen molar-refractivity contribution < 1.29 is 9.59 Å². The lowest BCUT2D eigenvalue weighted by Gasteiger charge is -2.19. The van der Waals surface area contributed by atoms with Gasteiger partial charge in [0.2, 0.25) is 5.91 Å². The van der Waals surface area contributed by atoms with Crippen LogP contribution >= 0.6 is 11.6 Å². The van der Waals surface area contributed by atoms with Crippen molar-refractivity contribution in [3.63, 3.8) is 0 Å². The van der Waals surface area contributed by atoms with Crippen LogP contribution in [0.25, 0.3) is 0 Å². The number of hydrogen-bond donors (Lipinski definition) is 2. The van der Waals surface area contributed by atoms with E-state index < -0.39 is 6.04 Å². The first-order valence-electron chi connectivity index (χ1n) is 6.65. The largest absolute Gasteiger partial charge is 0.357 e. The second kappa shape index (κ2) is 7.90. The summed E-state index contributed by atoms with van der Waals surface area (Å²) in [6.07, 6.45) is 0.598. The molecule has 20 heavy (non-hydrogen) atoms. The van der Waals surface area contributed by atoms with Crippen LogP contribution in [0.3, 0.4) is 0 Å². The molecule has 0 heterocycles. The van der Waals surface area contributed by atoms with Crippen LogP contribution in [0.15, 0.2) is 24.3 Å². The lowest BCUT2D eigenvalue weighted by atomic mass is 10.0. The molecule has 1 aromatic carbocycles. The maximum absolute atomic E-state index is 12.2. The predicted molar refractivity (Wildman–Crippen MR) is 80.8 cm³/mol. The van der Waals surface area contributed by atoms with Gasteiger partial charge in [0.25, 0.3) is 5.91 Å². The molecule has 1 aromatic rings. The first-order chi connectivity index (χ1) is 9.47. The Bertz CT molecular complexity index is 475. The standard InChI is InChI=1S/C15H21ClN2O2/c1-10(2)7-13(15(20)17-3)18-14(19)12-6-4-5-11(8-12)9-16/h4-6,8,10,13H,7,9H2,1-3H3,(H,17,20)(H,18,19).